The van der Waals surface area contributed by atoms with E-state index in [1.54, 1.807) is 0 Å². The second-order valence-corrected chi connectivity index (χ2v) is 15.7. The fraction of sp³-hybridized carbons (Fsp3) is 1.00. The largest absolute Gasteiger partial charge is 0.388 e. The van der Waals surface area contributed by atoms with Gasteiger partial charge < -0.3 is 24.1 Å². The average Bonchev–Trinajstić information content (AvgIpc) is 2.87. The topological polar surface area (TPSA) is 57.2 Å². The number of ether oxygens (including phenoxy) is 4. The van der Waals surface area contributed by atoms with Crippen LogP contribution in [0.5, 0.6) is 0 Å². The van der Waals surface area contributed by atoms with Crippen LogP contribution in [0.2, 0.25) is 0 Å². The molecular formula is C35H64O5. The van der Waals surface area contributed by atoms with Crippen molar-refractivity contribution in [3.8, 4) is 0 Å². The van der Waals surface area contributed by atoms with Gasteiger partial charge in [0.15, 0.2) is 6.29 Å². The van der Waals surface area contributed by atoms with E-state index in [0.717, 1.165) is 19.3 Å². The van der Waals surface area contributed by atoms with E-state index < -0.39 is 24.6 Å². The van der Waals surface area contributed by atoms with Crippen molar-refractivity contribution in [3.63, 3.8) is 0 Å². The molecule has 0 aromatic carbocycles. The molecule has 0 spiro atoms. The highest BCUT2D eigenvalue weighted by Gasteiger charge is 2.49. The lowest BCUT2D eigenvalue weighted by Gasteiger charge is -2.49. The van der Waals surface area contributed by atoms with E-state index in [1.807, 2.05) is 0 Å². The molecule has 1 aliphatic heterocycles. The zero-order valence-corrected chi connectivity index (χ0v) is 27.4. The minimum atomic E-state index is -0.709. The quantitative estimate of drug-likeness (QED) is 0.309. The summed E-state index contributed by atoms with van der Waals surface area (Å²) in [5.74, 6) is 5.15. The molecule has 4 fully saturated rings. The third-order valence-corrected chi connectivity index (χ3v) is 11.3. The maximum absolute atomic E-state index is 11.4. The van der Waals surface area contributed by atoms with E-state index in [-0.39, 0.29) is 24.9 Å². The Balaban J connectivity index is 1.62. The average molecular weight is 565 g/mol. The van der Waals surface area contributed by atoms with Crippen molar-refractivity contribution < 1.29 is 24.1 Å². The first-order valence-electron chi connectivity index (χ1n) is 17.2. The third-order valence-electron chi connectivity index (χ3n) is 11.3. The highest BCUT2D eigenvalue weighted by Crippen LogP contribution is 2.42. The van der Waals surface area contributed by atoms with Crippen LogP contribution < -0.4 is 0 Å². The van der Waals surface area contributed by atoms with Crippen molar-refractivity contribution in [2.75, 3.05) is 6.61 Å². The van der Waals surface area contributed by atoms with Gasteiger partial charge in [0.1, 0.15) is 18.3 Å². The predicted octanol–water partition coefficient (Wildman–Crippen LogP) is 7.87. The number of hydrogen-bond donors (Lipinski definition) is 1. The van der Waals surface area contributed by atoms with E-state index in [9.17, 15) is 5.11 Å². The van der Waals surface area contributed by atoms with Gasteiger partial charge in [0.2, 0.25) is 0 Å². The van der Waals surface area contributed by atoms with Crippen molar-refractivity contribution in [1.29, 1.82) is 0 Å². The van der Waals surface area contributed by atoms with Gasteiger partial charge in [-0.25, -0.2) is 0 Å². The number of aliphatic hydroxyl groups is 1. The maximum atomic E-state index is 11.4. The van der Waals surface area contributed by atoms with E-state index in [0.29, 0.717) is 53.3 Å². The Morgan fingerprint density at radius 2 is 0.925 bits per heavy atom. The fourth-order valence-corrected chi connectivity index (χ4v) is 8.57. The Morgan fingerprint density at radius 3 is 1.32 bits per heavy atom. The van der Waals surface area contributed by atoms with E-state index >= 15 is 0 Å². The lowest BCUT2D eigenvalue weighted by Crippen LogP contribution is -2.60. The van der Waals surface area contributed by atoms with Gasteiger partial charge >= 0.3 is 0 Å². The SMILES string of the molecule is CC1CCC(C(C)C)C(OC2OC[C@@H](O)[C@H](OC3CC(C)CCC3C(C)C)[C@H]2OC2CC(C)CCC2C(C)C)C1. The highest BCUT2D eigenvalue weighted by molar-refractivity contribution is 4.93. The fourth-order valence-electron chi connectivity index (χ4n) is 8.57. The van der Waals surface area contributed by atoms with Gasteiger partial charge in [-0.05, 0) is 91.8 Å². The third kappa shape index (κ3) is 8.04. The van der Waals surface area contributed by atoms with Gasteiger partial charge in [0.05, 0.1) is 24.9 Å². The molecule has 4 rings (SSSR count). The van der Waals surface area contributed by atoms with Gasteiger partial charge in [-0.1, -0.05) is 81.6 Å². The molecule has 1 saturated heterocycles. The first-order valence-corrected chi connectivity index (χ1v) is 17.2. The van der Waals surface area contributed by atoms with Crippen molar-refractivity contribution in [3.05, 3.63) is 0 Å². The van der Waals surface area contributed by atoms with E-state index in [2.05, 4.69) is 62.3 Å². The van der Waals surface area contributed by atoms with Crippen molar-refractivity contribution >= 4 is 0 Å². The van der Waals surface area contributed by atoms with Crippen molar-refractivity contribution in [1.82, 2.24) is 0 Å². The van der Waals surface area contributed by atoms with Crippen LogP contribution in [0.4, 0.5) is 0 Å². The number of hydrogen-bond acceptors (Lipinski definition) is 5. The predicted molar refractivity (Wildman–Crippen MR) is 162 cm³/mol. The molecule has 0 bridgehead atoms. The zero-order chi connectivity index (χ0) is 29.1. The summed E-state index contributed by atoms with van der Waals surface area (Å²) in [6, 6.07) is 0. The van der Waals surface area contributed by atoms with Crippen LogP contribution in [-0.4, -0.2) is 54.6 Å². The van der Waals surface area contributed by atoms with Crippen molar-refractivity contribution in [2.24, 2.45) is 53.3 Å². The Bertz CT molecular complexity index is 754. The van der Waals surface area contributed by atoms with Crippen LogP contribution in [0, 0.1) is 53.3 Å². The molecule has 0 radical (unpaired) electrons. The normalized spacial score (nSPS) is 45.4. The summed E-state index contributed by atoms with van der Waals surface area (Å²) in [6.45, 7) is 21.3. The molecule has 4 aliphatic rings. The molecule has 1 N–H and O–H groups in total. The molecule has 3 aliphatic carbocycles. The van der Waals surface area contributed by atoms with Crippen LogP contribution in [0.25, 0.3) is 0 Å². The Kier molecular flexibility index (Phi) is 11.9. The van der Waals surface area contributed by atoms with Gasteiger partial charge in [-0.15, -0.1) is 0 Å². The number of aliphatic hydroxyl groups excluding tert-OH is 1. The summed E-state index contributed by atoms with van der Waals surface area (Å²) in [7, 11) is 0. The second kappa shape index (κ2) is 14.5. The molecule has 13 atom stereocenters. The Morgan fingerprint density at radius 1 is 0.550 bits per heavy atom. The summed E-state index contributed by atoms with van der Waals surface area (Å²) in [4.78, 5) is 0. The standard InChI is InChI=1S/C35H64O5/c1-20(2)26-13-10-23(7)16-30(26)38-33-29(36)19-37-35(40-32-18-25(9)12-15-28(32)22(5)6)34(33)39-31-17-24(8)11-14-27(31)21(3)4/h20-36H,10-19H2,1-9H3/t23?,24?,25?,26?,27?,28?,29-,30?,31?,32?,33+,34-,35?/m1/s1. The van der Waals surface area contributed by atoms with Crippen LogP contribution in [0.15, 0.2) is 0 Å². The minimum absolute atomic E-state index is 0.136. The van der Waals surface area contributed by atoms with Crippen LogP contribution in [0.3, 0.4) is 0 Å². The lowest BCUT2D eigenvalue weighted by atomic mass is 9.75. The molecule has 0 aromatic heterocycles. The molecule has 0 amide bonds. The van der Waals surface area contributed by atoms with E-state index in [1.165, 1.54) is 38.5 Å². The number of rotatable bonds is 9. The first kappa shape index (κ1) is 32.7. The summed E-state index contributed by atoms with van der Waals surface area (Å²) < 4.78 is 27.6. The Labute approximate surface area is 246 Å². The monoisotopic (exact) mass is 564 g/mol. The molecule has 40 heavy (non-hydrogen) atoms. The van der Waals surface area contributed by atoms with Crippen LogP contribution >= 0.6 is 0 Å². The molecule has 5 nitrogen and oxygen atoms in total. The van der Waals surface area contributed by atoms with Gasteiger partial charge in [0, 0.05) is 0 Å². The molecule has 0 aromatic rings. The molecular weight excluding hydrogens is 500 g/mol. The van der Waals surface area contributed by atoms with Gasteiger partial charge in [-0.2, -0.15) is 0 Å². The summed E-state index contributed by atoms with van der Waals surface area (Å²) in [5, 5.41) is 11.4. The first-order chi connectivity index (χ1) is 18.9. The zero-order valence-electron chi connectivity index (χ0n) is 27.4. The molecule has 10 unspecified atom stereocenters. The highest BCUT2D eigenvalue weighted by atomic mass is 16.7. The van der Waals surface area contributed by atoms with Gasteiger partial charge in [0.25, 0.3) is 0 Å². The second-order valence-electron chi connectivity index (χ2n) is 15.7. The maximum Gasteiger partial charge on any atom is 0.186 e. The molecule has 5 heteroatoms. The van der Waals surface area contributed by atoms with Crippen LogP contribution in [-0.2, 0) is 18.9 Å². The molecule has 1 heterocycles. The summed E-state index contributed by atoms with van der Waals surface area (Å²) >= 11 is 0. The summed E-state index contributed by atoms with van der Waals surface area (Å²) in [5.41, 5.74) is 0. The van der Waals surface area contributed by atoms with E-state index in [4.69, 9.17) is 18.9 Å². The van der Waals surface area contributed by atoms with Gasteiger partial charge in [-0.3, -0.25) is 0 Å². The van der Waals surface area contributed by atoms with Crippen LogP contribution in [0.1, 0.15) is 120 Å². The Hall–Kier alpha value is -0.200. The molecule has 3 saturated carbocycles. The minimum Gasteiger partial charge on any atom is -0.388 e. The molecule has 234 valence electrons. The lowest BCUT2D eigenvalue weighted by molar-refractivity contribution is -0.326. The smallest absolute Gasteiger partial charge is 0.186 e. The summed E-state index contributed by atoms with van der Waals surface area (Å²) in [6.07, 6.45) is 8.92. The van der Waals surface area contributed by atoms with Crippen molar-refractivity contribution in [2.45, 2.75) is 163 Å².